The van der Waals surface area contributed by atoms with Crippen LogP contribution in [-0.4, -0.2) is 17.6 Å². The van der Waals surface area contributed by atoms with E-state index < -0.39 is 11.5 Å². The number of halogens is 1. The molecule has 0 aliphatic heterocycles. The second-order valence-corrected chi connectivity index (χ2v) is 4.53. The van der Waals surface area contributed by atoms with Gasteiger partial charge in [0.1, 0.15) is 5.54 Å². The van der Waals surface area contributed by atoms with Crippen molar-refractivity contribution in [3.63, 3.8) is 0 Å². The fraction of sp³-hybridized carbons (Fsp3) is 0.250. The normalized spacial score (nSPS) is 14.1. The Morgan fingerprint density at radius 3 is 2.88 bits per heavy atom. The zero-order valence-electron chi connectivity index (χ0n) is 9.03. The van der Waals surface area contributed by atoms with Crippen molar-refractivity contribution in [2.75, 3.05) is 6.54 Å². The first-order valence-electron chi connectivity index (χ1n) is 4.86. The maximum atomic E-state index is 11.3. The van der Waals surface area contributed by atoms with Gasteiger partial charge < -0.3 is 5.11 Å². The van der Waals surface area contributed by atoms with Gasteiger partial charge >= 0.3 is 5.97 Å². The minimum atomic E-state index is -1.10. The number of hydrogen-bond acceptors (Lipinski definition) is 2. The van der Waals surface area contributed by atoms with Crippen molar-refractivity contribution in [3.05, 3.63) is 47.0 Å². The lowest BCUT2D eigenvalue weighted by Crippen LogP contribution is -2.46. The average Bonchev–Trinajstić information content (AvgIpc) is 2.25. The van der Waals surface area contributed by atoms with Gasteiger partial charge in [0.05, 0.1) is 0 Å². The van der Waals surface area contributed by atoms with Crippen molar-refractivity contribution in [2.24, 2.45) is 0 Å². The third-order valence-corrected chi connectivity index (χ3v) is 2.92. The van der Waals surface area contributed by atoms with Crippen molar-refractivity contribution >= 4 is 21.9 Å². The molecular formula is C12H14BrNO2. The highest BCUT2D eigenvalue weighted by Gasteiger charge is 2.34. The van der Waals surface area contributed by atoms with Crippen molar-refractivity contribution in [1.82, 2.24) is 5.32 Å². The highest BCUT2D eigenvalue weighted by molar-refractivity contribution is 9.10. The highest BCUT2D eigenvalue weighted by atomic mass is 79.9. The molecule has 16 heavy (non-hydrogen) atoms. The fourth-order valence-electron chi connectivity index (χ4n) is 1.38. The van der Waals surface area contributed by atoms with E-state index in [4.69, 9.17) is 0 Å². The Morgan fingerprint density at radius 2 is 2.38 bits per heavy atom. The van der Waals surface area contributed by atoms with E-state index in [0.717, 1.165) is 4.47 Å². The summed E-state index contributed by atoms with van der Waals surface area (Å²) in [5, 5.41) is 12.2. The van der Waals surface area contributed by atoms with Crippen LogP contribution >= 0.6 is 15.9 Å². The lowest BCUT2D eigenvalue weighted by atomic mass is 9.92. The number of carbonyl (C=O) groups is 1. The van der Waals surface area contributed by atoms with Crippen LogP contribution in [0.2, 0.25) is 0 Å². The Kier molecular flexibility index (Phi) is 4.26. The molecule has 1 atom stereocenters. The van der Waals surface area contributed by atoms with Crippen molar-refractivity contribution < 1.29 is 9.90 Å². The van der Waals surface area contributed by atoms with Gasteiger partial charge in [0.15, 0.2) is 0 Å². The summed E-state index contributed by atoms with van der Waals surface area (Å²) >= 11 is 3.33. The van der Waals surface area contributed by atoms with Gasteiger partial charge in [-0.05, 0) is 24.6 Å². The smallest absolute Gasteiger partial charge is 0.328 e. The van der Waals surface area contributed by atoms with Crippen LogP contribution < -0.4 is 5.32 Å². The van der Waals surface area contributed by atoms with E-state index in [9.17, 15) is 9.90 Å². The lowest BCUT2D eigenvalue weighted by molar-refractivity contribution is -0.144. The van der Waals surface area contributed by atoms with E-state index in [1.807, 2.05) is 12.1 Å². The molecule has 0 bridgehead atoms. The monoisotopic (exact) mass is 283 g/mol. The topological polar surface area (TPSA) is 49.3 Å². The molecule has 1 rings (SSSR count). The van der Waals surface area contributed by atoms with Crippen LogP contribution in [0.25, 0.3) is 0 Å². The molecule has 1 unspecified atom stereocenters. The summed E-state index contributed by atoms with van der Waals surface area (Å²) in [5.41, 5.74) is -0.394. The first-order chi connectivity index (χ1) is 7.50. The Labute approximate surface area is 103 Å². The molecule has 0 aliphatic rings. The molecule has 2 N–H and O–H groups in total. The Hall–Kier alpha value is -1.13. The molecule has 4 heteroatoms. The first-order valence-corrected chi connectivity index (χ1v) is 5.65. The number of hydrogen-bond donors (Lipinski definition) is 2. The second-order valence-electron chi connectivity index (χ2n) is 3.61. The maximum absolute atomic E-state index is 11.3. The Balaban J connectivity index is 3.10. The standard InChI is InChI=1S/C12H14BrNO2/c1-3-7-14-12(2,11(15)16)9-5-4-6-10(13)8-9/h3-6,8,14H,1,7H2,2H3,(H,15,16). The highest BCUT2D eigenvalue weighted by Crippen LogP contribution is 2.24. The summed E-state index contributed by atoms with van der Waals surface area (Å²) in [4.78, 5) is 11.3. The molecule has 0 radical (unpaired) electrons. The van der Waals surface area contributed by atoms with E-state index in [0.29, 0.717) is 12.1 Å². The number of aliphatic carboxylic acids is 1. The minimum Gasteiger partial charge on any atom is -0.480 e. The van der Waals surface area contributed by atoms with Crippen LogP contribution in [0, 0.1) is 0 Å². The predicted octanol–water partition coefficient (Wildman–Crippen LogP) is 2.52. The average molecular weight is 284 g/mol. The molecule has 1 aromatic carbocycles. The van der Waals surface area contributed by atoms with Gasteiger partial charge in [-0.25, -0.2) is 4.79 Å². The van der Waals surface area contributed by atoms with Crippen LogP contribution in [0.5, 0.6) is 0 Å². The molecule has 1 aromatic rings. The molecule has 0 aromatic heterocycles. The molecule has 0 saturated heterocycles. The maximum Gasteiger partial charge on any atom is 0.328 e. The van der Waals surface area contributed by atoms with Gasteiger partial charge in [-0.15, -0.1) is 6.58 Å². The molecule has 0 fully saturated rings. The van der Waals surface area contributed by atoms with Gasteiger partial charge in [0, 0.05) is 11.0 Å². The van der Waals surface area contributed by atoms with E-state index in [-0.39, 0.29) is 0 Å². The summed E-state index contributed by atoms with van der Waals surface area (Å²) in [6.07, 6.45) is 1.64. The van der Waals surface area contributed by atoms with Crippen LogP contribution in [0.3, 0.4) is 0 Å². The molecule has 3 nitrogen and oxygen atoms in total. The molecular weight excluding hydrogens is 270 g/mol. The summed E-state index contributed by atoms with van der Waals surface area (Å²) in [6.45, 7) is 5.65. The molecule has 86 valence electrons. The lowest BCUT2D eigenvalue weighted by Gasteiger charge is -2.26. The zero-order valence-corrected chi connectivity index (χ0v) is 10.6. The third-order valence-electron chi connectivity index (χ3n) is 2.43. The third kappa shape index (κ3) is 2.71. The van der Waals surface area contributed by atoms with E-state index in [2.05, 4.69) is 27.8 Å². The van der Waals surface area contributed by atoms with Crippen LogP contribution in [0.1, 0.15) is 12.5 Å². The van der Waals surface area contributed by atoms with E-state index >= 15 is 0 Å². The zero-order chi connectivity index (χ0) is 12.2. The van der Waals surface area contributed by atoms with E-state index in [1.165, 1.54) is 0 Å². The van der Waals surface area contributed by atoms with Crippen LogP contribution in [0.4, 0.5) is 0 Å². The summed E-state index contributed by atoms with van der Waals surface area (Å²) < 4.78 is 0.859. The van der Waals surface area contributed by atoms with Crippen LogP contribution in [0.15, 0.2) is 41.4 Å². The van der Waals surface area contributed by atoms with Gasteiger partial charge in [-0.1, -0.05) is 34.1 Å². The van der Waals surface area contributed by atoms with Crippen molar-refractivity contribution in [3.8, 4) is 0 Å². The SMILES string of the molecule is C=CCNC(C)(C(=O)O)c1cccc(Br)c1. The van der Waals surface area contributed by atoms with Crippen molar-refractivity contribution in [1.29, 1.82) is 0 Å². The first kappa shape index (κ1) is 12.9. The molecule has 0 saturated carbocycles. The molecule has 0 amide bonds. The summed E-state index contributed by atoms with van der Waals surface area (Å²) in [5.74, 6) is -0.910. The van der Waals surface area contributed by atoms with Gasteiger partial charge in [0.25, 0.3) is 0 Å². The molecule has 0 aliphatic carbocycles. The van der Waals surface area contributed by atoms with Crippen LogP contribution in [-0.2, 0) is 10.3 Å². The molecule has 0 heterocycles. The summed E-state index contributed by atoms with van der Waals surface area (Å²) in [7, 11) is 0. The quantitative estimate of drug-likeness (QED) is 0.817. The van der Waals surface area contributed by atoms with E-state index in [1.54, 1.807) is 25.1 Å². The van der Waals surface area contributed by atoms with Gasteiger partial charge in [0.2, 0.25) is 0 Å². The second kappa shape index (κ2) is 5.27. The van der Waals surface area contributed by atoms with Crippen molar-refractivity contribution in [2.45, 2.75) is 12.5 Å². The number of carboxylic acids is 1. The minimum absolute atomic E-state index is 0.440. The Morgan fingerprint density at radius 1 is 1.69 bits per heavy atom. The van der Waals surface area contributed by atoms with Gasteiger partial charge in [-0.2, -0.15) is 0 Å². The number of nitrogens with one attached hydrogen (secondary N) is 1. The number of rotatable bonds is 5. The number of benzene rings is 1. The fourth-order valence-corrected chi connectivity index (χ4v) is 1.78. The predicted molar refractivity (Wildman–Crippen MR) is 67.3 cm³/mol. The van der Waals surface area contributed by atoms with Gasteiger partial charge in [-0.3, -0.25) is 5.32 Å². The number of carboxylic acid groups (broad SMARTS) is 1. The molecule has 0 spiro atoms. The Bertz CT molecular complexity index is 406. The summed E-state index contributed by atoms with van der Waals surface area (Å²) in [6, 6.07) is 7.26. The largest absolute Gasteiger partial charge is 0.480 e.